The van der Waals surface area contributed by atoms with Crippen molar-refractivity contribution in [2.45, 2.75) is 37.3 Å². The van der Waals surface area contributed by atoms with Crippen molar-refractivity contribution in [3.63, 3.8) is 0 Å². The second-order valence-electron chi connectivity index (χ2n) is 4.87. The van der Waals surface area contributed by atoms with E-state index in [1.54, 1.807) is 12.1 Å². The molecule has 86 valence electrons. The first-order valence-electron chi connectivity index (χ1n) is 5.88. The zero-order valence-electron chi connectivity index (χ0n) is 9.42. The fourth-order valence-electron chi connectivity index (χ4n) is 2.78. The van der Waals surface area contributed by atoms with Crippen molar-refractivity contribution in [1.82, 2.24) is 5.32 Å². The van der Waals surface area contributed by atoms with Gasteiger partial charge in [-0.05, 0) is 44.5 Å². The highest BCUT2D eigenvalue weighted by Crippen LogP contribution is 2.48. The Morgan fingerprint density at radius 3 is 2.88 bits per heavy atom. The van der Waals surface area contributed by atoms with Gasteiger partial charge in [0.25, 0.3) is 0 Å². The van der Waals surface area contributed by atoms with Gasteiger partial charge >= 0.3 is 0 Å². The van der Waals surface area contributed by atoms with Crippen LogP contribution in [0.2, 0.25) is 0 Å². The molecule has 0 radical (unpaired) electrons. The fourth-order valence-corrected chi connectivity index (χ4v) is 2.78. The van der Waals surface area contributed by atoms with Crippen LogP contribution in [0.4, 0.5) is 4.39 Å². The first-order valence-corrected chi connectivity index (χ1v) is 5.88. The van der Waals surface area contributed by atoms with Gasteiger partial charge in [0.05, 0.1) is 0 Å². The highest BCUT2D eigenvalue weighted by molar-refractivity contribution is 5.39. The molecule has 16 heavy (non-hydrogen) atoms. The van der Waals surface area contributed by atoms with Crippen molar-refractivity contribution < 1.29 is 9.13 Å². The fraction of sp³-hybridized carbons (Fsp3) is 0.538. The maximum atomic E-state index is 13.2. The van der Waals surface area contributed by atoms with Crippen LogP contribution < -0.4 is 10.1 Å². The molecule has 1 aliphatic carbocycles. The molecule has 1 fully saturated rings. The molecule has 1 atom stereocenters. The Morgan fingerprint density at radius 1 is 1.44 bits per heavy atom. The zero-order chi connectivity index (χ0) is 11.2. The summed E-state index contributed by atoms with van der Waals surface area (Å²) in [6.07, 6.45) is 4.46. The van der Waals surface area contributed by atoms with Gasteiger partial charge < -0.3 is 10.1 Å². The summed E-state index contributed by atoms with van der Waals surface area (Å²) in [7, 11) is 1.93. The van der Waals surface area contributed by atoms with Gasteiger partial charge in [0.15, 0.2) is 0 Å². The van der Waals surface area contributed by atoms with Gasteiger partial charge in [-0.2, -0.15) is 0 Å². The SMILES string of the molecule is CNC1CC2(CCC2)Oc2ccc(F)cc21. The van der Waals surface area contributed by atoms with E-state index >= 15 is 0 Å². The largest absolute Gasteiger partial charge is 0.487 e. The molecule has 1 heterocycles. The van der Waals surface area contributed by atoms with E-state index in [-0.39, 0.29) is 17.5 Å². The predicted octanol–water partition coefficient (Wildman–Crippen LogP) is 2.79. The molecule has 2 nitrogen and oxygen atoms in total. The van der Waals surface area contributed by atoms with Gasteiger partial charge in [-0.25, -0.2) is 4.39 Å². The van der Waals surface area contributed by atoms with E-state index in [1.165, 1.54) is 12.5 Å². The van der Waals surface area contributed by atoms with Crippen LogP contribution in [-0.4, -0.2) is 12.6 Å². The lowest BCUT2D eigenvalue weighted by molar-refractivity contribution is -0.0362. The number of rotatable bonds is 1. The minimum Gasteiger partial charge on any atom is -0.487 e. The van der Waals surface area contributed by atoms with Crippen molar-refractivity contribution in [3.05, 3.63) is 29.6 Å². The summed E-state index contributed by atoms with van der Waals surface area (Å²) in [4.78, 5) is 0. The molecule has 1 aromatic carbocycles. The number of benzene rings is 1. The number of hydrogen-bond acceptors (Lipinski definition) is 2. The Balaban J connectivity index is 2.00. The molecule has 1 spiro atoms. The van der Waals surface area contributed by atoms with E-state index in [9.17, 15) is 4.39 Å². The van der Waals surface area contributed by atoms with Crippen LogP contribution in [0.25, 0.3) is 0 Å². The maximum Gasteiger partial charge on any atom is 0.125 e. The summed E-state index contributed by atoms with van der Waals surface area (Å²) in [5.41, 5.74) is 0.985. The molecule has 1 N–H and O–H groups in total. The Labute approximate surface area is 94.8 Å². The first-order chi connectivity index (χ1) is 7.72. The van der Waals surface area contributed by atoms with Crippen LogP contribution >= 0.6 is 0 Å². The van der Waals surface area contributed by atoms with E-state index in [2.05, 4.69) is 5.32 Å². The zero-order valence-corrected chi connectivity index (χ0v) is 9.42. The molecule has 0 aromatic heterocycles. The standard InChI is InChI=1S/C13H16FNO/c1-15-11-8-13(5-2-6-13)16-12-4-3-9(14)7-10(11)12/h3-4,7,11,15H,2,5-6,8H2,1H3. The number of hydrogen-bond donors (Lipinski definition) is 1. The van der Waals surface area contributed by atoms with E-state index in [1.807, 2.05) is 7.05 Å². The molecule has 2 aliphatic rings. The number of ether oxygens (including phenoxy) is 1. The Morgan fingerprint density at radius 2 is 2.25 bits per heavy atom. The number of fused-ring (bicyclic) bond motifs is 1. The molecule has 3 heteroatoms. The third kappa shape index (κ3) is 1.42. The van der Waals surface area contributed by atoms with Gasteiger partial charge in [-0.1, -0.05) is 0 Å². The van der Waals surface area contributed by atoms with Crippen molar-refractivity contribution in [3.8, 4) is 5.75 Å². The molecular weight excluding hydrogens is 205 g/mol. The van der Waals surface area contributed by atoms with Crippen LogP contribution in [0.5, 0.6) is 5.75 Å². The second-order valence-corrected chi connectivity index (χ2v) is 4.87. The first kappa shape index (κ1) is 10.1. The summed E-state index contributed by atoms with van der Waals surface area (Å²) in [6.45, 7) is 0. The monoisotopic (exact) mass is 221 g/mol. The van der Waals surface area contributed by atoms with E-state index in [4.69, 9.17) is 4.74 Å². The average molecular weight is 221 g/mol. The van der Waals surface area contributed by atoms with Gasteiger partial charge in [-0.15, -0.1) is 0 Å². The summed E-state index contributed by atoms with van der Waals surface area (Å²) < 4.78 is 19.2. The maximum absolute atomic E-state index is 13.2. The number of halogens is 1. The van der Waals surface area contributed by atoms with Crippen molar-refractivity contribution in [1.29, 1.82) is 0 Å². The van der Waals surface area contributed by atoms with Gasteiger partial charge in [0, 0.05) is 18.0 Å². The second kappa shape index (κ2) is 3.45. The van der Waals surface area contributed by atoms with Crippen molar-refractivity contribution in [2.75, 3.05) is 7.05 Å². The molecule has 1 saturated carbocycles. The quantitative estimate of drug-likeness (QED) is 0.787. The van der Waals surface area contributed by atoms with Crippen LogP contribution in [0.3, 0.4) is 0 Å². The van der Waals surface area contributed by atoms with Crippen LogP contribution in [0.1, 0.15) is 37.3 Å². The van der Waals surface area contributed by atoms with Gasteiger partial charge in [-0.3, -0.25) is 0 Å². The smallest absolute Gasteiger partial charge is 0.125 e. The molecule has 3 rings (SSSR count). The molecule has 1 aliphatic heterocycles. The molecule has 0 amide bonds. The van der Waals surface area contributed by atoms with Gasteiger partial charge in [0.1, 0.15) is 17.2 Å². The van der Waals surface area contributed by atoms with Crippen molar-refractivity contribution >= 4 is 0 Å². The molecule has 1 unspecified atom stereocenters. The molecule has 0 saturated heterocycles. The van der Waals surface area contributed by atoms with E-state index in [0.717, 1.165) is 30.6 Å². The normalized spacial score (nSPS) is 25.8. The van der Waals surface area contributed by atoms with Crippen molar-refractivity contribution in [2.24, 2.45) is 0 Å². The third-order valence-electron chi connectivity index (χ3n) is 3.86. The Hall–Kier alpha value is -1.09. The van der Waals surface area contributed by atoms with Crippen LogP contribution in [-0.2, 0) is 0 Å². The Kier molecular flexibility index (Phi) is 2.18. The Bertz CT molecular complexity index is 414. The molecular formula is C13H16FNO. The lowest BCUT2D eigenvalue weighted by Gasteiger charge is -2.47. The lowest BCUT2D eigenvalue weighted by atomic mass is 9.73. The highest BCUT2D eigenvalue weighted by Gasteiger charge is 2.45. The molecule has 1 aromatic rings. The average Bonchev–Trinajstić information content (AvgIpc) is 2.25. The minimum atomic E-state index is -0.188. The third-order valence-corrected chi connectivity index (χ3v) is 3.86. The predicted molar refractivity (Wildman–Crippen MR) is 60.0 cm³/mol. The van der Waals surface area contributed by atoms with E-state index < -0.39 is 0 Å². The van der Waals surface area contributed by atoms with Crippen LogP contribution in [0.15, 0.2) is 18.2 Å². The lowest BCUT2D eigenvalue weighted by Crippen LogP contribution is -2.48. The number of nitrogens with one attached hydrogen (secondary N) is 1. The minimum absolute atomic E-state index is 0.0263. The molecule has 0 bridgehead atoms. The summed E-state index contributed by atoms with van der Waals surface area (Å²) in [5.74, 6) is 0.666. The summed E-state index contributed by atoms with van der Waals surface area (Å²) in [6, 6.07) is 5.04. The summed E-state index contributed by atoms with van der Waals surface area (Å²) >= 11 is 0. The van der Waals surface area contributed by atoms with Gasteiger partial charge in [0.2, 0.25) is 0 Å². The summed E-state index contributed by atoms with van der Waals surface area (Å²) in [5, 5.41) is 3.26. The topological polar surface area (TPSA) is 21.3 Å². The van der Waals surface area contributed by atoms with Crippen LogP contribution in [0, 0.1) is 5.82 Å². The van der Waals surface area contributed by atoms with E-state index in [0.29, 0.717) is 0 Å². The highest BCUT2D eigenvalue weighted by atomic mass is 19.1.